The Bertz CT molecular complexity index is 369. The second-order valence-electron chi connectivity index (χ2n) is 4.02. The molecule has 17 heavy (non-hydrogen) atoms. The Morgan fingerprint density at radius 3 is 2.88 bits per heavy atom. The third kappa shape index (κ3) is 3.93. The van der Waals surface area contributed by atoms with Crippen LogP contribution in [0.1, 0.15) is 12.0 Å². The normalized spacial score (nSPS) is 19.4. The van der Waals surface area contributed by atoms with Gasteiger partial charge in [0.25, 0.3) is 0 Å². The smallest absolute Gasteiger partial charge is 0.223 e. The highest BCUT2D eigenvalue weighted by Crippen LogP contribution is 2.17. The lowest BCUT2D eigenvalue weighted by Crippen LogP contribution is -2.33. The molecule has 1 fully saturated rings. The molecule has 7 heteroatoms. The van der Waals surface area contributed by atoms with Crippen LogP contribution in [0.3, 0.4) is 0 Å². The van der Waals surface area contributed by atoms with Crippen LogP contribution in [-0.2, 0) is 6.54 Å². The molecule has 0 bridgehead atoms. The average Bonchev–Trinajstić information content (AvgIpc) is 2.75. The maximum Gasteiger partial charge on any atom is 0.223 e. The molecule has 1 aliphatic heterocycles. The van der Waals surface area contributed by atoms with E-state index in [1.54, 1.807) is 6.20 Å². The van der Waals surface area contributed by atoms with E-state index >= 15 is 0 Å². The first-order chi connectivity index (χ1) is 7.66. The lowest BCUT2D eigenvalue weighted by atomic mass is 10.2. The number of nitrogens with zero attached hydrogens (tertiary/aromatic N) is 3. The van der Waals surface area contributed by atoms with Crippen LogP contribution in [0.4, 0.5) is 0 Å². The quantitative estimate of drug-likeness (QED) is 0.684. The van der Waals surface area contributed by atoms with E-state index < -0.39 is 0 Å². The zero-order valence-corrected chi connectivity index (χ0v) is 11.8. The highest BCUT2D eigenvalue weighted by Gasteiger charge is 2.20. The minimum absolute atomic E-state index is 0. The van der Waals surface area contributed by atoms with Crippen molar-refractivity contribution in [2.24, 2.45) is 0 Å². The van der Waals surface area contributed by atoms with Crippen molar-refractivity contribution in [2.75, 3.05) is 20.1 Å². The molecular formula is C10H15Cl3N4. The van der Waals surface area contributed by atoms with Crippen molar-refractivity contribution in [3.63, 3.8) is 0 Å². The van der Waals surface area contributed by atoms with Gasteiger partial charge < -0.3 is 5.32 Å². The summed E-state index contributed by atoms with van der Waals surface area (Å²) >= 11 is 11.7. The molecule has 2 heterocycles. The van der Waals surface area contributed by atoms with Crippen LogP contribution in [0.5, 0.6) is 0 Å². The van der Waals surface area contributed by atoms with E-state index in [-0.39, 0.29) is 17.7 Å². The fourth-order valence-corrected chi connectivity index (χ4v) is 2.25. The first kappa shape index (κ1) is 14.9. The summed E-state index contributed by atoms with van der Waals surface area (Å²) in [5.41, 5.74) is 0.917. The van der Waals surface area contributed by atoms with E-state index in [2.05, 4.69) is 27.2 Å². The molecule has 4 nitrogen and oxygen atoms in total. The van der Waals surface area contributed by atoms with Gasteiger partial charge in [0, 0.05) is 30.9 Å². The summed E-state index contributed by atoms with van der Waals surface area (Å²) in [6, 6.07) is 0.562. The zero-order valence-electron chi connectivity index (χ0n) is 9.49. The molecule has 1 atom stereocenters. The Balaban J connectivity index is 0.00000144. The van der Waals surface area contributed by atoms with Crippen LogP contribution in [0.2, 0.25) is 10.4 Å². The average molecular weight is 298 g/mol. The van der Waals surface area contributed by atoms with Crippen LogP contribution in [0.25, 0.3) is 0 Å². The van der Waals surface area contributed by atoms with Gasteiger partial charge in [0.05, 0.1) is 0 Å². The number of aromatic nitrogens is 2. The molecular weight excluding hydrogens is 282 g/mol. The second-order valence-corrected chi connectivity index (χ2v) is 4.71. The minimum Gasteiger partial charge on any atom is -0.315 e. The molecule has 1 unspecified atom stereocenters. The molecule has 0 radical (unpaired) electrons. The van der Waals surface area contributed by atoms with E-state index in [9.17, 15) is 0 Å². The molecule has 1 aromatic heterocycles. The summed E-state index contributed by atoms with van der Waals surface area (Å²) in [5, 5.41) is 3.97. The number of hydrogen-bond donors (Lipinski definition) is 1. The van der Waals surface area contributed by atoms with Crippen molar-refractivity contribution < 1.29 is 0 Å². The number of likely N-dealkylation sites (N-methyl/N-ethyl adjacent to an activating group) is 1. The van der Waals surface area contributed by atoms with Gasteiger partial charge >= 0.3 is 0 Å². The van der Waals surface area contributed by atoms with Gasteiger partial charge in [0.1, 0.15) is 5.15 Å². The Morgan fingerprint density at radius 2 is 2.29 bits per heavy atom. The molecule has 0 amide bonds. The van der Waals surface area contributed by atoms with E-state index in [0.29, 0.717) is 11.2 Å². The van der Waals surface area contributed by atoms with Crippen LogP contribution in [0.15, 0.2) is 6.20 Å². The molecule has 2 rings (SSSR count). The van der Waals surface area contributed by atoms with Crippen molar-refractivity contribution in [2.45, 2.75) is 19.0 Å². The summed E-state index contributed by atoms with van der Waals surface area (Å²) < 4.78 is 0. The molecule has 1 aliphatic rings. The van der Waals surface area contributed by atoms with Crippen LogP contribution in [-0.4, -0.2) is 41.0 Å². The highest BCUT2D eigenvalue weighted by atomic mass is 35.5. The summed E-state index contributed by atoms with van der Waals surface area (Å²) in [7, 11) is 2.09. The Morgan fingerprint density at radius 1 is 1.53 bits per heavy atom. The lowest BCUT2D eigenvalue weighted by Gasteiger charge is -2.23. The summed E-state index contributed by atoms with van der Waals surface area (Å²) in [6.45, 7) is 2.87. The lowest BCUT2D eigenvalue weighted by molar-refractivity contribution is 0.248. The van der Waals surface area contributed by atoms with Gasteiger partial charge in [-0.3, -0.25) is 4.90 Å². The van der Waals surface area contributed by atoms with Gasteiger partial charge in [-0.05, 0) is 31.6 Å². The standard InChI is InChI=1S/C10H14Cl2N4.ClH/c1-16(8-2-3-13-5-8)6-7-4-14-10(12)15-9(7)11;/h4,8,13H,2-3,5-6H2,1H3;1H. The zero-order chi connectivity index (χ0) is 11.5. The largest absolute Gasteiger partial charge is 0.315 e. The maximum absolute atomic E-state index is 6.00. The van der Waals surface area contributed by atoms with Gasteiger partial charge in [-0.15, -0.1) is 12.4 Å². The summed E-state index contributed by atoms with van der Waals surface area (Å²) in [6.07, 6.45) is 2.86. The SMILES string of the molecule is CN(Cc1cnc(Cl)nc1Cl)C1CCNC1.Cl. The molecule has 1 saturated heterocycles. The van der Waals surface area contributed by atoms with Crippen molar-refractivity contribution in [1.29, 1.82) is 0 Å². The van der Waals surface area contributed by atoms with Gasteiger partial charge in [0.2, 0.25) is 5.28 Å². The third-order valence-corrected chi connectivity index (χ3v) is 3.37. The van der Waals surface area contributed by atoms with E-state index in [0.717, 1.165) is 25.2 Å². The first-order valence-corrected chi connectivity index (χ1v) is 6.00. The van der Waals surface area contributed by atoms with Crippen molar-refractivity contribution in [3.05, 3.63) is 22.2 Å². The van der Waals surface area contributed by atoms with Gasteiger partial charge in [-0.2, -0.15) is 0 Å². The number of hydrogen-bond acceptors (Lipinski definition) is 4. The number of halogens is 3. The topological polar surface area (TPSA) is 41.1 Å². The van der Waals surface area contributed by atoms with Crippen molar-refractivity contribution >= 4 is 35.6 Å². The first-order valence-electron chi connectivity index (χ1n) is 5.24. The fraction of sp³-hybridized carbons (Fsp3) is 0.600. The van der Waals surface area contributed by atoms with Crippen molar-refractivity contribution in [3.8, 4) is 0 Å². The molecule has 1 aromatic rings. The van der Waals surface area contributed by atoms with E-state index in [1.165, 1.54) is 6.42 Å². The molecule has 0 spiro atoms. The number of rotatable bonds is 3. The third-order valence-electron chi connectivity index (χ3n) is 2.86. The second kappa shape index (κ2) is 6.71. The molecule has 0 aromatic carbocycles. The van der Waals surface area contributed by atoms with Gasteiger partial charge in [-0.25, -0.2) is 9.97 Å². The van der Waals surface area contributed by atoms with E-state index in [4.69, 9.17) is 23.2 Å². The molecule has 0 saturated carbocycles. The minimum atomic E-state index is 0. The van der Waals surface area contributed by atoms with Gasteiger partial charge in [0.15, 0.2) is 0 Å². The van der Waals surface area contributed by atoms with Gasteiger partial charge in [-0.1, -0.05) is 11.6 Å². The monoisotopic (exact) mass is 296 g/mol. The molecule has 0 aliphatic carbocycles. The summed E-state index contributed by atoms with van der Waals surface area (Å²) in [4.78, 5) is 10.1. The maximum atomic E-state index is 6.00. The summed E-state index contributed by atoms with van der Waals surface area (Å²) in [5.74, 6) is 0. The number of nitrogens with one attached hydrogen (secondary N) is 1. The van der Waals surface area contributed by atoms with Crippen molar-refractivity contribution in [1.82, 2.24) is 20.2 Å². The Kier molecular flexibility index (Phi) is 5.89. The highest BCUT2D eigenvalue weighted by molar-refractivity contribution is 6.32. The van der Waals surface area contributed by atoms with E-state index in [1.807, 2.05) is 0 Å². The molecule has 1 N–H and O–H groups in total. The Labute approximate surface area is 117 Å². The van der Waals surface area contributed by atoms with Crippen LogP contribution in [0, 0.1) is 0 Å². The van der Waals surface area contributed by atoms with Crippen LogP contribution >= 0.6 is 35.6 Å². The predicted octanol–water partition coefficient (Wildman–Crippen LogP) is 2.00. The van der Waals surface area contributed by atoms with Crippen LogP contribution < -0.4 is 5.32 Å². The Hall–Kier alpha value is -0.130. The molecule has 96 valence electrons. The fourth-order valence-electron chi connectivity index (χ4n) is 1.89. The predicted molar refractivity (Wildman–Crippen MR) is 72.0 cm³/mol.